The van der Waals surface area contributed by atoms with Gasteiger partial charge >= 0.3 is 0 Å². The summed E-state index contributed by atoms with van der Waals surface area (Å²) in [5.74, 6) is 0. The van der Waals surface area contributed by atoms with Crippen LogP contribution in [0.25, 0.3) is 11.3 Å². The molecule has 2 heterocycles. The first-order valence-corrected chi connectivity index (χ1v) is 7.13. The molecule has 1 fully saturated rings. The van der Waals surface area contributed by atoms with E-state index in [-0.39, 0.29) is 0 Å². The highest BCUT2D eigenvalue weighted by atomic mass is 32.1. The highest BCUT2D eigenvalue weighted by Crippen LogP contribution is 2.30. The SMILES string of the molecule is CC1CC(n2c(-c3ccccc3)c[nH]c2=S)CCO1. The topological polar surface area (TPSA) is 29.9 Å². The van der Waals surface area contributed by atoms with Crippen molar-refractivity contribution < 1.29 is 4.74 Å². The van der Waals surface area contributed by atoms with E-state index in [2.05, 4.69) is 40.7 Å². The molecule has 0 aliphatic carbocycles. The van der Waals surface area contributed by atoms with Gasteiger partial charge in [0.05, 0.1) is 11.8 Å². The van der Waals surface area contributed by atoms with Crippen molar-refractivity contribution in [1.29, 1.82) is 0 Å². The Balaban J connectivity index is 2.02. The molecule has 2 unspecified atom stereocenters. The average Bonchev–Trinajstić information content (AvgIpc) is 2.82. The first-order valence-electron chi connectivity index (χ1n) is 6.72. The molecular formula is C15H18N2OS. The van der Waals surface area contributed by atoms with E-state index in [9.17, 15) is 0 Å². The molecular weight excluding hydrogens is 256 g/mol. The van der Waals surface area contributed by atoms with Crippen molar-refractivity contribution in [2.75, 3.05) is 6.61 Å². The summed E-state index contributed by atoms with van der Waals surface area (Å²) in [6.45, 7) is 2.94. The first-order chi connectivity index (χ1) is 9.25. The van der Waals surface area contributed by atoms with Gasteiger partial charge in [-0.15, -0.1) is 0 Å². The van der Waals surface area contributed by atoms with Crippen LogP contribution in [0, 0.1) is 4.77 Å². The van der Waals surface area contributed by atoms with Crippen molar-refractivity contribution in [2.24, 2.45) is 0 Å². The summed E-state index contributed by atoms with van der Waals surface area (Å²) in [5, 5.41) is 0. The number of nitrogens with one attached hydrogen (secondary N) is 1. The van der Waals surface area contributed by atoms with Gasteiger partial charge in [-0.25, -0.2) is 0 Å². The molecule has 1 aliphatic rings. The van der Waals surface area contributed by atoms with Crippen molar-refractivity contribution in [3.8, 4) is 11.3 Å². The van der Waals surface area contributed by atoms with Crippen molar-refractivity contribution >= 4 is 12.2 Å². The predicted octanol–water partition coefficient (Wildman–Crippen LogP) is 3.95. The minimum absolute atomic E-state index is 0.305. The molecule has 0 amide bonds. The Morgan fingerprint density at radius 2 is 2.11 bits per heavy atom. The van der Waals surface area contributed by atoms with Gasteiger partial charge in [-0.05, 0) is 37.5 Å². The van der Waals surface area contributed by atoms with Crippen LogP contribution in [-0.2, 0) is 4.74 Å². The number of aromatic amines is 1. The highest BCUT2D eigenvalue weighted by Gasteiger charge is 2.23. The molecule has 3 rings (SSSR count). The van der Waals surface area contributed by atoms with E-state index in [1.807, 2.05) is 12.3 Å². The Labute approximate surface area is 118 Å². The monoisotopic (exact) mass is 274 g/mol. The molecule has 0 radical (unpaired) electrons. The van der Waals surface area contributed by atoms with Crippen molar-refractivity contribution in [1.82, 2.24) is 9.55 Å². The van der Waals surface area contributed by atoms with Crippen LogP contribution in [0.15, 0.2) is 36.5 Å². The fourth-order valence-electron chi connectivity index (χ4n) is 2.78. The van der Waals surface area contributed by atoms with E-state index in [0.29, 0.717) is 12.1 Å². The molecule has 1 aliphatic heterocycles. The van der Waals surface area contributed by atoms with E-state index < -0.39 is 0 Å². The van der Waals surface area contributed by atoms with Crippen molar-refractivity contribution in [2.45, 2.75) is 31.9 Å². The molecule has 19 heavy (non-hydrogen) atoms. The predicted molar refractivity (Wildman–Crippen MR) is 78.7 cm³/mol. The van der Waals surface area contributed by atoms with Crippen LogP contribution in [0.2, 0.25) is 0 Å². The summed E-state index contributed by atoms with van der Waals surface area (Å²) in [4.78, 5) is 3.18. The molecule has 1 aromatic carbocycles. The number of hydrogen-bond acceptors (Lipinski definition) is 2. The number of rotatable bonds is 2. The fourth-order valence-corrected chi connectivity index (χ4v) is 3.09. The van der Waals surface area contributed by atoms with Gasteiger partial charge in [-0.2, -0.15) is 0 Å². The molecule has 0 bridgehead atoms. The molecule has 1 N–H and O–H groups in total. The second kappa shape index (κ2) is 5.31. The van der Waals surface area contributed by atoms with Gasteiger partial charge in [0, 0.05) is 18.8 Å². The molecule has 1 aromatic heterocycles. The third-order valence-corrected chi connectivity index (χ3v) is 4.02. The molecule has 4 heteroatoms. The van der Waals surface area contributed by atoms with Crippen LogP contribution < -0.4 is 0 Å². The van der Waals surface area contributed by atoms with Crippen LogP contribution in [0.5, 0.6) is 0 Å². The lowest BCUT2D eigenvalue weighted by molar-refractivity contribution is 0.00600. The molecule has 0 spiro atoms. The zero-order valence-electron chi connectivity index (χ0n) is 11.0. The number of aromatic nitrogens is 2. The maximum Gasteiger partial charge on any atom is 0.177 e. The molecule has 0 saturated carbocycles. The second-order valence-corrected chi connectivity index (χ2v) is 5.46. The van der Waals surface area contributed by atoms with Crippen LogP contribution in [-0.4, -0.2) is 22.3 Å². The van der Waals surface area contributed by atoms with Crippen LogP contribution in [0.4, 0.5) is 0 Å². The fraction of sp³-hybridized carbons (Fsp3) is 0.400. The van der Waals surface area contributed by atoms with Gasteiger partial charge in [0.2, 0.25) is 0 Å². The van der Waals surface area contributed by atoms with Gasteiger partial charge in [-0.3, -0.25) is 0 Å². The number of ether oxygens (including phenoxy) is 1. The molecule has 1 saturated heterocycles. The molecule has 2 atom stereocenters. The highest BCUT2D eigenvalue weighted by molar-refractivity contribution is 7.71. The van der Waals surface area contributed by atoms with Crippen LogP contribution in [0.3, 0.4) is 0 Å². The number of imidazole rings is 1. The quantitative estimate of drug-likeness (QED) is 0.840. The summed E-state index contributed by atoms with van der Waals surface area (Å²) < 4.78 is 8.69. The van der Waals surface area contributed by atoms with E-state index in [4.69, 9.17) is 17.0 Å². The number of nitrogens with zero attached hydrogens (tertiary/aromatic N) is 1. The average molecular weight is 274 g/mol. The maximum atomic E-state index is 5.63. The van der Waals surface area contributed by atoms with Crippen molar-refractivity contribution in [3.63, 3.8) is 0 Å². The third-order valence-electron chi connectivity index (χ3n) is 3.70. The number of benzene rings is 1. The number of H-pyrrole nitrogens is 1. The third kappa shape index (κ3) is 2.51. The van der Waals surface area contributed by atoms with Gasteiger partial charge in [0.25, 0.3) is 0 Å². The van der Waals surface area contributed by atoms with Crippen molar-refractivity contribution in [3.05, 3.63) is 41.3 Å². The minimum Gasteiger partial charge on any atom is -0.378 e. The lowest BCUT2D eigenvalue weighted by Gasteiger charge is -2.29. The molecule has 100 valence electrons. The summed E-state index contributed by atoms with van der Waals surface area (Å²) in [5.41, 5.74) is 2.37. The van der Waals surface area contributed by atoms with E-state index in [0.717, 1.165) is 24.2 Å². The standard InChI is InChI=1S/C15H18N2OS/c1-11-9-13(7-8-18-11)17-14(10-16-15(17)19)12-5-3-2-4-6-12/h2-6,10-11,13H,7-9H2,1H3,(H,16,19). The van der Waals surface area contributed by atoms with Crippen LogP contribution in [0.1, 0.15) is 25.8 Å². The summed E-state index contributed by atoms with van der Waals surface area (Å²) >= 11 is 5.46. The van der Waals surface area contributed by atoms with E-state index in [1.54, 1.807) is 0 Å². The Morgan fingerprint density at radius 3 is 2.84 bits per heavy atom. The zero-order chi connectivity index (χ0) is 13.2. The Morgan fingerprint density at radius 1 is 1.32 bits per heavy atom. The minimum atomic E-state index is 0.305. The lowest BCUT2D eigenvalue weighted by atomic mass is 10.0. The Hall–Kier alpha value is -1.39. The summed E-state index contributed by atoms with van der Waals surface area (Å²) in [6.07, 6.45) is 4.36. The van der Waals surface area contributed by atoms with Gasteiger partial charge < -0.3 is 14.3 Å². The molecule has 3 nitrogen and oxygen atoms in total. The summed E-state index contributed by atoms with van der Waals surface area (Å²) in [6, 6.07) is 10.8. The van der Waals surface area contributed by atoms with E-state index >= 15 is 0 Å². The zero-order valence-corrected chi connectivity index (χ0v) is 11.8. The van der Waals surface area contributed by atoms with Gasteiger partial charge in [-0.1, -0.05) is 30.3 Å². The van der Waals surface area contributed by atoms with Gasteiger partial charge in [0.1, 0.15) is 0 Å². The number of hydrogen-bond donors (Lipinski definition) is 1. The molecule has 2 aromatic rings. The normalized spacial score (nSPS) is 23.4. The van der Waals surface area contributed by atoms with Gasteiger partial charge in [0.15, 0.2) is 4.77 Å². The second-order valence-electron chi connectivity index (χ2n) is 5.07. The first kappa shape index (κ1) is 12.6. The summed E-state index contributed by atoms with van der Waals surface area (Å²) in [7, 11) is 0. The largest absolute Gasteiger partial charge is 0.378 e. The van der Waals surface area contributed by atoms with Crippen LogP contribution >= 0.6 is 12.2 Å². The van der Waals surface area contributed by atoms with E-state index in [1.165, 1.54) is 11.3 Å². The maximum absolute atomic E-state index is 5.63. The Kier molecular flexibility index (Phi) is 3.53. The Bertz CT molecular complexity index is 602. The lowest BCUT2D eigenvalue weighted by Crippen LogP contribution is -2.26. The smallest absolute Gasteiger partial charge is 0.177 e.